The Morgan fingerprint density at radius 1 is 1.14 bits per heavy atom. The van der Waals surface area contributed by atoms with E-state index in [9.17, 15) is 4.79 Å². The predicted molar refractivity (Wildman–Crippen MR) is 91.2 cm³/mol. The van der Waals surface area contributed by atoms with Crippen molar-refractivity contribution < 1.29 is 9.53 Å². The fraction of sp³-hybridized carbons (Fsp3) is 0. The van der Waals surface area contributed by atoms with E-state index in [0.717, 1.165) is 14.7 Å². The van der Waals surface area contributed by atoms with Crippen LogP contribution in [-0.4, -0.2) is 11.9 Å². The third-order valence-corrected chi connectivity index (χ3v) is 3.90. The van der Waals surface area contributed by atoms with Crippen molar-refractivity contribution in [1.82, 2.24) is 0 Å². The lowest BCUT2D eigenvalue weighted by Gasteiger charge is -1.99. The highest BCUT2D eigenvalue weighted by molar-refractivity contribution is 14.1. The number of benzene rings is 2. The largest absolute Gasteiger partial charge is 0.402 e. The zero-order valence-corrected chi connectivity index (χ0v) is 13.6. The summed E-state index contributed by atoms with van der Waals surface area (Å²) in [6, 6.07) is 14.9. The fourth-order valence-corrected chi connectivity index (χ4v) is 2.63. The van der Waals surface area contributed by atoms with Gasteiger partial charge in [0.15, 0.2) is 5.70 Å². The Balaban J connectivity index is 1.98. The number of carbonyl (C=O) groups is 1. The molecule has 0 fully saturated rings. The van der Waals surface area contributed by atoms with E-state index in [-0.39, 0.29) is 5.70 Å². The Morgan fingerprint density at radius 3 is 2.71 bits per heavy atom. The van der Waals surface area contributed by atoms with E-state index in [2.05, 4.69) is 27.6 Å². The van der Waals surface area contributed by atoms with E-state index < -0.39 is 5.97 Å². The van der Waals surface area contributed by atoms with E-state index in [1.807, 2.05) is 42.5 Å². The molecule has 0 saturated carbocycles. The predicted octanol–water partition coefficient (Wildman–Crippen LogP) is 4.29. The highest BCUT2D eigenvalue weighted by atomic mass is 127. The van der Waals surface area contributed by atoms with Gasteiger partial charge in [0.2, 0.25) is 5.90 Å². The highest BCUT2D eigenvalue weighted by Crippen LogP contribution is 2.23. The number of rotatable bonds is 2. The molecule has 1 aliphatic rings. The average molecular weight is 410 g/mol. The SMILES string of the molecule is O=C1OC(c2cccc(I)c2)=NC1=Cc1ccccc1Cl. The van der Waals surface area contributed by atoms with Crippen LogP contribution >= 0.6 is 34.2 Å². The quantitative estimate of drug-likeness (QED) is 0.422. The maximum absolute atomic E-state index is 11.9. The number of esters is 1. The van der Waals surface area contributed by atoms with Crippen molar-refractivity contribution in [2.75, 3.05) is 0 Å². The lowest BCUT2D eigenvalue weighted by Crippen LogP contribution is -2.05. The first-order valence-corrected chi connectivity index (χ1v) is 7.62. The molecule has 1 aliphatic heterocycles. The summed E-state index contributed by atoms with van der Waals surface area (Å²) in [5.41, 5.74) is 1.76. The Kier molecular flexibility index (Phi) is 4.07. The van der Waals surface area contributed by atoms with Gasteiger partial charge in [-0.2, -0.15) is 0 Å². The topological polar surface area (TPSA) is 38.7 Å². The van der Waals surface area contributed by atoms with E-state index >= 15 is 0 Å². The molecule has 0 aromatic heterocycles. The Labute approximate surface area is 140 Å². The Bertz CT molecular complexity index is 783. The molecule has 1 heterocycles. The summed E-state index contributed by atoms with van der Waals surface area (Å²) in [4.78, 5) is 16.2. The number of cyclic esters (lactones) is 1. The Morgan fingerprint density at radius 2 is 1.95 bits per heavy atom. The van der Waals surface area contributed by atoms with Crippen LogP contribution in [0.4, 0.5) is 0 Å². The van der Waals surface area contributed by atoms with E-state index in [0.29, 0.717) is 10.9 Å². The minimum Gasteiger partial charge on any atom is -0.402 e. The monoisotopic (exact) mass is 409 g/mol. The second-order valence-electron chi connectivity index (χ2n) is 4.37. The van der Waals surface area contributed by atoms with Crippen molar-refractivity contribution >= 4 is 52.1 Å². The molecule has 104 valence electrons. The van der Waals surface area contributed by atoms with Gasteiger partial charge in [-0.25, -0.2) is 9.79 Å². The second-order valence-corrected chi connectivity index (χ2v) is 6.02. The molecule has 3 nitrogen and oxygen atoms in total. The fourth-order valence-electron chi connectivity index (χ4n) is 1.89. The molecular weight excluding hydrogens is 401 g/mol. The summed E-state index contributed by atoms with van der Waals surface area (Å²) < 4.78 is 6.27. The minimum absolute atomic E-state index is 0.247. The summed E-state index contributed by atoms with van der Waals surface area (Å²) in [6.45, 7) is 0. The molecule has 0 spiro atoms. The van der Waals surface area contributed by atoms with E-state index in [1.54, 1.807) is 12.1 Å². The first kappa shape index (κ1) is 14.3. The number of nitrogens with zero attached hydrogens (tertiary/aromatic N) is 1. The normalized spacial score (nSPS) is 16.0. The van der Waals surface area contributed by atoms with Crippen LogP contribution < -0.4 is 0 Å². The maximum Gasteiger partial charge on any atom is 0.363 e. The second kappa shape index (κ2) is 5.99. The molecular formula is C16H9ClINO2. The van der Waals surface area contributed by atoms with Crippen molar-refractivity contribution in [3.8, 4) is 0 Å². The van der Waals surface area contributed by atoms with Crippen molar-refractivity contribution in [3.05, 3.63) is 73.9 Å². The third-order valence-electron chi connectivity index (χ3n) is 2.89. The van der Waals surface area contributed by atoms with Gasteiger partial charge < -0.3 is 4.74 Å². The van der Waals surface area contributed by atoms with Crippen LogP contribution in [0.1, 0.15) is 11.1 Å². The average Bonchev–Trinajstić information content (AvgIpc) is 2.83. The van der Waals surface area contributed by atoms with E-state index in [1.165, 1.54) is 0 Å². The molecule has 5 heteroatoms. The van der Waals surface area contributed by atoms with Crippen LogP contribution in [0.15, 0.2) is 59.2 Å². The molecule has 0 radical (unpaired) electrons. The van der Waals surface area contributed by atoms with Crippen LogP contribution in [-0.2, 0) is 9.53 Å². The minimum atomic E-state index is -0.469. The van der Waals surface area contributed by atoms with Gasteiger partial charge in [0.05, 0.1) is 0 Å². The van der Waals surface area contributed by atoms with Gasteiger partial charge in [-0.15, -0.1) is 0 Å². The highest BCUT2D eigenvalue weighted by Gasteiger charge is 2.24. The summed E-state index contributed by atoms with van der Waals surface area (Å²) in [6.07, 6.45) is 1.63. The molecule has 0 unspecified atom stereocenters. The number of aliphatic imine (C=N–C) groups is 1. The molecule has 0 amide bonds. The number of carbonyl (C=O) groups excluding carboxylic acids is 1. The number of hydrogen-bond acceptors (Lipinski definition) is 3. The first-order valence-electron chi connectivity index (χ1n) is 6.16. The number of ether oxygens (including phenoxy) is 1. The zero-order chi connectivity index (χ0) is 14.8. The summed E-state index contributed by atoms with van der Waals surface area (Å²) >= 11 is 8.28. The summed E-state index contributed by atoms with van der Waals surface area (Å²) in [7, 11) is 0. The molecule has 21 heavy (non-hydrogen) atoms. The van der Waals surface area contributed by atoms with Crippen molar-refractivity contribution in [3.63, 3.8) is 0 Å². The molecule has 0 N–H and O–H groups in total. The van der Waals surface area contributed by atoms with Gasteiger partial charge in [-0.3, -0.25) is 0 Å². The van der Waals surface area contributed by atoms with Gasteiger partial charge in [0.25, 0.3) is 0 Å². The zero-order valence-electron chi connectivity index (χ0n) is 10.7. The summed E-state index contributed by atoms with van der Waals surface area (Å²) in [5.74, 6) is -0.152. The van der Waals surface area contributed by atoms with Gasteiger partial charge in [-0.05, 0) is 58.5 Å². The molecule has 2 aromatic rings. The van der Waals surface area contributed by atoms with Gasteiger partial charge >= 0.3 is 5.97 Å². The number of hydrogen-bond donors (Lipinski definition) is 0. The van der Waals surface area contributed by atoms with Gasteiger partial charge in [0, 0.05) is 14.2 Å². The summed E-state index contributed by atoms with van der Waals surface area (Å²) in [5, 5.41) is 0.565. The first-order chi connectivity index (χ1) is 10.1. The van der Waals surface area contributed by atoms with Crippen molar-refractivity contribution in [2.45, 2.75) is 0 Å². The third kappa shape index (κ3) is 3.16. The smallest absolute Gasteiger partial charge is 0.363 e. The molecule has 3 rings (SSSR count). The van der Waals surface area contributed by atoms with Crippen LogP contribution in [0.25, 0.3) is 6.08 Å². The molecule has 0 atom stereocenters. The Hall–Kier alpha value is -1.66. The molecule has 2 aromatic carbocycles. The lowest BCUT2D eigenvalue weighted by molar-refractivity contribution is -0.129. The van der Waals surface area contributed by atoms with Crippen LogP contribution in [0.3, 0.4) is 0 Å². The van der Waals surface area contributed by atoms with E-state index in [4.69, 9.17) is 16.3 Å². The van der Waals surface area contributed by atoms with Gasteiger partial charge in [-0.1, -0.05) is 35.9 Å². The van der Waals surface area contributed by atoms with Crippen molar-refractivity contribution in [1.29, 1.82) is 0 Å². The number of halogens is 2. The van der Waals surface area contributed by atoms with Gasteiger partial charge in [0.1, 0.15) is 0 Å². The van der Waals surface area contributed by atoms with Crippen molar-refractivity contribution in [2.24, 2.45) is 4.99 Å². The maximum atomic E-state index is 11.9. The molecule has 0 saturated heterocycles. The molecule has 0 bridgehead atoms. The van der Waals surface area contributed by atoms with Crippen LogP contribution in [0.2, 0.25) is 5.02 Å². The standard InChI is InChI=1S/C16H9ClINO2/c17-13-7-2-1-4-10(13)9-14-16(20)21-15(19-14)11-5-3-6-12(18)8-11/h1-9H. The lowest BCUT2D eigenvalue weighted by atomic mass is 10.2. The molecule has 0 aliphatic carbocycles. The van der Waals surface area contributed by atoms with Crippen LogP contribution in [0, 0.1) is 3.57 Å². The van der Waals surface area contributed by atoms with Crippen LogP contribution in [0.5, 0.6) is 0 Å².